The molecule has 0 radical (unpaired) electrons. The molecule has 2 aromatic rings. The molecule has 0 aliphatic carbocycles. The Morgan fingerprint density at radius 3 is 2.71 bits per heavy atom. The van der Waals surface area contributed by atoms with Gasteiger partial charge in [0.2, 0.25) is 0 Å². The van der Waals surface area contributed by atoms with Crippen molar-refractivity contribution in [2.45, 2.75) is 6.61 Å². The maximum absolute atomic E-state index is 13.3. The van der Waals surface area contributed by atoms with Gasteiger partial charge in [0.25, 0.3) is 0 Å². The molecule has 2 rings (SSSR count). The summed E-state index contributed by atoms with van der Waals surface area (Å²) in [5.74, 6) is -0.679. The topological polar surface area (TPSA) is 61.5 Å². The van der Waals surface area contributed by atoms with Crippen LogP contribution < -0.4 is 10.5 Å². The van der Waals surface area contributed by atoms with Crippen molar-refractivity contribution in [3.05, 3.63) is 58.4 Å². The zero-order valence-electron chi connectivity index (χ0n) is 11.2. The number of methoxy groups -OCH3 is 1. The number of ether oxygens (including phenoxy) is 2. The Hall–Kier alpha value is -2.27. The summed E-state index contributed by atoms with van der Waals surface area (Å²) in [6.07, 6.45) is 0. The first kappa shape index (κ1) is 15.1. The van der Waals surface area contributed by atoms with Gasteiger partial charge in [-0.15, -0.1) is 0 Å². The zero-order chi connectivity index (χ0) is 15.4. The highest BCUT2D eigenvalue weighted by molar-refractivity contribution is 6.30. The summed E-state index contributed by atoms with van der Waals surface area (Å²) in [4.78, 5) is 12.0. The lowest BCUT2D eigenvalue weighted by Gasteiger charge is -2.09. The molecule has 0 saturated carbocycles. The monoisotopic (exact) mass is 309 g/mol. The molecule has 6 heteroatoms. The molecule has 0 aliphatic heterocycles. The maximum atomic E-state index is 13.3. The van der Waals surface area contributed by atoms with Gasteiger partial charge in [0.05, 0.1) is 17.7 Å². The van der Waals surface area contributed by atoms with E-state index < -0.39 is 11.8 Å². The Morgan fingerprint density at radius 1 is 1.29 bits per heavy atom. The molecule has 0 aliphatic rings. The fraction of sp³-hybridized carbons (Fsp3) is 0.133. The van der Waals surface area contributed by atoms with E-state index in [4.69, 9.17) is 26.8 Å². The van der Waals surface area contributed by atoms with Crippen molar-refractivity contribution in [2.75, 3.05) is 12.8 Å². The van der Waals surface area contributed by atoms with Gasteiger partial charge in [-0.05, 0) is 35.9 Å². The molecule has 2 N–H and O–H groups in total. The number of nitrogens with two attached hydrogens (primary N) is 1. The average molecular weight is 310 g/mol. The van der Waals surface area contributed by atoms with E-state index in [2.05, 4.69) is 0 Å². The summed E-state index contributed by atoms with van der Waals surface area (Å²) in [6.45, 7) is -0.0798. The number of carbonyl (C=O) groups is 1. The molecule has 110 valence electrons. The van der Waals surface area contributed by atoms with Gasteiger partial charge < -0.3 is 15.2 Å². The van der Waals surface area contributed by atoms with E-state index in [1.54, 1.807) is 18.2 Å². The van der Waals surface area contributed by atoms with Crippen molar-refractivity contribution >= 4 is 23.3 Å². The van der Waals surface area contributed by atoms with E-state index in [1.165, 1.54) is 25.3 Å². The summed E-state index contributed by atoms with van der Waals surface area (Å²) in [6, 6.07) is 8.87. The number of hydrogen-bond donors (Lipinski definition) is 1. The highest BCUT2D eigenvalue weighted by atomic mass is 35.5. The van der Waals surface area contributed by atoms with Crippen LogP contribution in [0.25, 0.3) is 0 Å². The number of nitrogen functional groups attached to an aromatic ring is 1. The first-order valence-corrected chi connectivity index (χ1v) is 6.43. The molecule has 4 nitrogen and oxygen atoms in total. The average Bonchev–Trinajstić information content (AvgIpc) is 2.48. The van der Waals surface area contributed by atoms with Crippen LogP contribution in [-0.4, -0.2) is 13.1 Å². The minimum atomic E-state index is -0.609. The lowest BCUT2D eigenvalue weighted by atomic mass is 10.1. The molecule has 0 fully saturated rings. The molecule has 2 aromatic carbocycles. The molecular formula is C15H13ClFNO3. The van der Waals surface area contributed by atoms with Gasteiger partial charge in [0, 0.05) is 5.69 Å². The largest absolute Gasteiger partial charge is 0.497 e. The van der Waals surface area contributed by atoms with Gasteiger partial charge in [0.15, 0.2) is 0 Å². The number of carbonyl (C=O) groups excluding carboxylic acids is 1. The Morgan fingerprint density at radius 2 is 2.05 bits per heavy atom. The van der Waals surface area contributed by atoms with Gasteiger partial charge >= 0.3 is 5.97 Å². The first-order valence-electron chi connectivity index (χ1n) is 6.06. The second-order valence-electron chi connectivity index (χ2n) is 4.28. The van der Waals surface area contributed by atoms with Crippen LogP contribution in [0.3, 0.4) is 0 Å². The minimum absolute atomic E-state index is 0.0158. The van der Waals surface area contributed by atoms with Crippen molar-refractivity contribution in [3.63, 3.8) is 0 Å². The number of anilines is 1. The van der Waals surface area contributed by atoms with Crippen molar-refractivity contribution < 1.29 is 18.7 Å². The van der Waals surface area contributed by atoms with Crippen LogP contribution >= 0.6 is 11.6 Å². The quantitative estimate of drug-likeness (QED) is 0.694. The SMILES string of the molecule is COc1ccc(N)c(C(=O)OCc2ccc(Cl)c(F)c2)c1. The van der Waals surface area contributed by atoms with Crippen LogP contribution in [0.4, 0.5) is 10.1 Å². The molecule has 0 bridgehead atoms. The third-order valence-corrected chi connectivity index (χ3v) is 3.14. The van der Waals surface area contributed by atoms with Gasteiger partial charge in [0.1, 0.15) is 18.2 Å². The van der Waals surface area contributed by atoms with Crippen LogP contribution in [0.1, 0.15) is 15.9 Å². The van der Waals surface area contributed by atoms with E-state index in [9.17, 15) is 9.18 Å². The molecular weight excluding hydrogens is 297 g/mol. The number of hydrogen-bond acceptors (Lipinski definition) is 4. The van der Waals surface area contributed by atoms with Gasteiger partial charge in [-0.2, -0.15) is 0 Å². The molecule has 0 amide bonds. The molecule has 0 saturated heterocycles. The van der Waals surface area contributed by atoms with Crippen molar-refractivity contribution in [1.82, 2.24) is 0 Å². The summed E-state index contributed by atoms with van der Waals surface area (Å²) < 4.78 is 23.4. The Kier molecular flexibility index (Phi) is 4.65. The predicted molar refractivity (Wildman–Crippen MR) is 77.9 cm³/mol. The highest BCUT2D eigenvalue weighted by Gasteiger charge is 2.13. The normalized spacial score (nSPS) is 10.2. The summed E-state index contributed by atoms with van der Waals surface area (Å²) in [5.41, 5.74) is 6.70. The first-order chi connectivity index (χ1) is 10.0. The Labute approximate surface area is 126 Å². The minimum Gasteiger partial charge on any atom is -0.497 e. The molecule has 0 aromatic heterocycles. The molecule has 0 heterocycles. The van der Waals surface area contributed by atoms with Crippen LogP contribution in [0.2, 0.25) is 5.02 Å². The summed E-state index contributed by atoms with van der Waals surface area (Å²) >= 11 is 5.58. The van der Waals surface area contributed by atoms with Gasteiger partial charge in [-0.3, -0.25) is 0 Å². The summed E-state index contributed by atoms with van der Waals surface area (Å²) in [5, 5.41) is 0.0158. The second-order valence-corrected chi connectivity index (χ2v) is 4.68. The third kappa shape index (κ3) is 3.64. The summed E-state index contributed by atoms with van der Waals surface area (Å²) in [7, 11) is 1.48. The van der Waals surface area contributed by atoms with Crippen LogP contribution in [0.5, 0.6) is 5.75 Å². The Balaban J connectivity index is 2.09. The van der Waals surface area contributed by atoms with Crippen LogP contribution in [0, 0.1) is 5.82 Å². The Bertz CT molecular complexity index is 676. The number of halogens is 2. The van der Waals surface area contributed by atoms with Crippen molar-refractivity contribution in [3.8, 4) is 5.75 Å². The van der Waals surface area contributed by atoms with Gasteiger partial charge in [-0.1, -0.05) is 17.7 Å². The van der Waals surface area contributed by atoms with E-state index in [0.717, 1.165) is 0 Å². The molecule has 21 heavy (non-hydrogen) atoms. The fourth-order valence-electron chi connectivity index (χ4n) is 1.70. The lowest BCUT2D eigenvalue weighted by Crippen LogP contribution is -2.08. The predicted octanol–water partition coefficient (Wildman–Crippen LogP) is 3.43. The smallest absolute Gasteiger partial charge is 0.340 e. The number of benzene rings is 2. The van der Waals surface area contributed by atoms with E-state index in [0.29, 0.717) is 11.3 Å². The van der Waals surface area contributed by atoms with Crippen LogP contribution in [-0.2, 0) is 11.3 Å². The number of rotatable bonds is 4. The van der Waals surface area contributed by atoms with Crippen LogP contribution in [0.15, 0.2) is 36.4 Å². The van der Waals surface area contributed by atoms with Crippen molar-refractivity contribution in [2.24, 2.45) is 0 Å². The lowest BCUT2D eigenvalue weighted by molar-refractivity contribution is 0.0473. The molecule has 0 unspecified atom stereocenters. The second kappa shape index (κ2) is 6.45. The number of esters is 1. The third-order valence-electron chi connectivity index (χ3n) is 2.83. The van der Waals surface area contributed by atoms with Crippen molar-refractivity contribution in [1.29, 1.82) is 0 Å². The van der Waals surface area contributed by atoms with E-state index >= 15 is 0 Å². The molecule has 0 atom stereocenters. The highest BCUT2D eigenvalue weighted by Crippen LogP contribution is 2.21. The fourth-order valence-corrected chi connectivity index (χ4v) is 1.81. The van der Waals surface area contributed by atoms with E-state index in [-0.39, 0.29) is 22.9 Å². The van der Waals surface area contributed by atoms with E-state index in [1.807, 2.05) is 0 Å². The van der Waals surface area contributed by atoms with Gasteiger partial charge in [-0.25, -0.2) is 9.18 Å². The maximum Gasteiger partial charge on any atom is 0.340 e. The zero-order valence-corrected chi connectivity index (χ0v) is 12.0. The molecule has 0 spiro atoms. The standard InChI is InChI=1S/C15H13ClFNO3/c1-20-10-3-5-14(18)11(7-10)15(19)21-8-9-2-4-12(16)13(17)6-9/h2-7H,8,18H2,1H3.